The van der Waals surface area contributed by atoms with Crippen LogP contribution in [0.2, 0.25) is 0 Å². The van der Waals surface area contributed by atoms with Gasteiger partial charge in [0.25, 0.3) is 5.91 Å². The second-order valence-electron chi connectivity index (χ2n) is 6.15. The molecule has 0 aliphatic carbocycles. The fraction of sp³-hybridized carbons (Fsp3) is 0.333. The average molecular weight is 349 g/mol. The summed E-state index contributed by atoms with van der Waals surface area (Å²) in [4.78, 5) is 27.8. The van der Waals surface area contributed by atoms with Crippen molar-refractivity contribution in [3.63, 3.8) is 0 Å². The number of hydrogen-bond acceptors (Lipinski definition) is 3. The zero-order chi connectivity index (χ0) is 18.6. The van der Waals surface area contributed by atoms with E-state index < -0.39 is 11.6 Å². The van der Waals surface area contributed by atoms with Crippen LogP contribution < -0.4 is 5.56 Å². The van der Waals surface area contributed by atoms with Crippen LogP contribution in [0.4, 0.5) is 8.78 Å². The number of pyridine rings is 1. The van der Waals surface area contributed by atoms with Crippen molar-refractivity contribution < 1.29 is 13.6 Å². The Morgan fingerprint density at radius 3 is 2.40 bits per heavy atom. The molecule has 1 heterocycles. The van der Waals surface area contributed by atoms with Crippen LogP contribution >= 0.6 is 0 Å². The Bertz CT molecular complexity index is 818. The lowest BCUT2D eigenvalue weighted by Gasteiger charge is -2.25. The number of nitrogens with zero attached hydrogens (tertiary/aromatic N) is 3. The molecular weight excluding hydrogens is 328 g/mol. The zero-order valence-electron chi connectivity index (χ0n) is 14.5. The van der Waals surface area contributed by atoms with Crippen molar-refractivity contribution in [2.24, 2.45) is 7.05 Å². The molecule has 0 aliphatic rings. The van der Waals surface area contributed by atoms with Crippen molar-refractivity contribution >= 4 is 5.91 Å². The Morgan fingerprint density at radius 1 is 1.08 bits per heavy atom. The highest BCUT2D eigenvalue weighted by Gasteiger charge is 2.18. The molecule has 1 aromatic heterocycles. The molecule has 0 spiro atoms. The minimum Gasteiger partial charge on any atom is -0.333 e. The van der Waals surface area contributed by atoms with E-state index in [9.17, 15) is 18.4 Å². The van der Waals surface area contributed by atoms with Gasteiger partial charge in [0.15, 0.2) is 11.6 Å². The summed E-state index contributed by atoms with van der Waals surface area (Å²) in [7, 11) is 5.33. The number of carbonyl (C=O) groups is 1. The normalized spacial score (nSPS) is 11.0. The average Bonchev–Trinajstić information content (AvgIpc) is 2.56. The van der Waals surface area contributed by atoms with Gasteiger partial charge in [-0.05, 0) is 37.9 Å². The van der Waals surface area contributed by atoms with E-state index in [4.69, 9.17) is 0 Å². The summed E-state index contributed by atoms with van der Waals surface area (Å²) >= 11 is 0. The first-order chi connectivity index (χ1) is 11.8. The number of hydrogen-bond donors (Lipinski definition) is 0. The molecule has 0 N–H and O–H groups in total. The summed E-state index contributed by atoms with van der Waals surface area (Å²) < 4.78 is 27.9. The summed E-state index contributed by atoms with van der Waals surface area (Å²) in [6.45, 7) is 1.17. The monoisotopic (exact) mass is 349 g/mol. The lowest BCUT2D eigenvalue weighted by Crippen LogP contribution is -2.36. The van der Waals surface area contributed by atoms with Crippen LogP contribution in [-0.2, 0) is 13.6 Å². The molecule has 5 nitrogen and oxygen atoms in total. The molecule has 0 fully saturated rings. The van der Waals surface area contributed by atoms with Gasteiger partial charge in [0, 0.05) is 38.9 Å². The molecule has 2 aromatic rings. The molecule has 0 bridgehead atoms. The van der Waals surface area contributed by atoms with Gasteiger partial charge < -0.3 is 14.4 Å². The molecule has 0 aliphatic heterocycles. The Morgan fingerprint density at radius 2 is 1.80 bits per heavy atom. The molecular formula is C18H21F2N3O2. The fourth-order valence-corrected chi connectivity index (χ4v) is 2.33. The lowest BCUT2D eigenvalue weighted by atomic mass is 10.1. The summed E-state index contributed by atoms with van der Waals surface area (Å²) in [6, 6.07) is 6.39. The van der Waals surface area contributed by atoms with Gasteiger partial charge in [-0.3, -0.25) is 9.59 Å². The SMILES string of the molecule is CN(C)CCN(Cc1ccc(F)c(F)c1)C(=O)c1ccc(=O)n(C)c1. The van der Waals surface area contributed by atoms with Gasteiger partial charge in [0.2, 0.25) is 5.56 Å². The van der Waals surface area contributed by atoms with Crippen molar-refractivity contribution in [1.29, 1.82) is 0 Å². The number of benzene rings is 1. The molecule has 25 heavy (non-hydrogen) atoms. The number of rotatable bonds is 6. The standard InChI is InChI=1S/C18H21F2N3O2/c1-21(2)8-9-23(11-13-4-6-15(19)16(20)10-13)18(25)14-5-7-17(24)22(3)12-14/h4-7,10,12H,8-9,11H2,1-3H3. The highest BCUT2D eigenvalue weighted by Crippen LogP contribution is 2.13. The van der Waals surface area contributed by atoms with E-state index in [-0.39, 0.29) is 18.0 Å². The first kappa shape index (κ1) is 18.8. The second-order valence-corrected chi connectivity index (χ2v) is 6.15. The quantitative estimate of drug-likeness (QED) is 0.800. The Kier molecular flexibility index (Phi) is 6.03. The predicted molar refractivity (Wildman–Crippen MR) is 91.3 cm³/mol. The van der Waals surface area contributed by atoms with Crippen molar-refractivity contribution in [3.05, 3.63) is 69.6 Å². The topological polar surface area (TPSA) is 45.6 Å². The number of amides is 1. The second kappa shape index (κ2) is 8.02. The summed E-state index contributed by atoms with van der Waals surface area (Å²) in [5.41, 5.74) is 0.649. The van der Waals surface area contributed by atoms with E-state index in [1.165, 1.54) is 29.0 Å². The van der Waals surface area contributed by atoms with E-state index in [2.05, 4.69) is 0 Å². The van der Waals surface area contributed by atoms with Crippen LogP contribution in [-0.4, -0.2) is 47.5 Å². The largest absolute Gasteiger partial charge is 0.333 e. The highest BCUT2D eigenvalue weighted by atomic mass is 19.2. The number of carbonyl (C=O) groups excluding carboxylic acids is 1. The van der Waals surface area contributed by atoms with Crippen molar-refractivity contribution in [1.82, 2.24) is 14.4 Å². The molecule has 7 heteroatoms. The van der Waals surface area contributed by atoms with Gasteiger partial charge in [0.05, 0.1) is 5.56 Å². The molecule has 0 atom stereocenters. The minimum atomic E-state index is -0.945. The van der Waals surface area contributed by atoms with Gasteiger partial charge >= 0.3 is 0 Å². The number of likely N-dealkylation sites (N-methyl/N-ethyl adjacent to an activating group) is 1. The minimum absolute atomic E-state index is 0.146. The van der Waals surface area contributed by atoms with E-state index in [1.54, 1.807) is 11.9 Å². The Balaban J connectivity index is 2.27. The zero-order valence-corrected chi connectivity index (χ0v) is 14.5. The first-order valence-electron chi connectivity index (χ1n) is 7.82. The molecule has 0 saturated heterocycles. The fourth-order valence-electron chi connectivity index (χ4n) is 2.33. The Hall–Kier alpha value is -2.54. The van der Waals surface area contributed by atoms with Crippen LogP contribution in [0, 0.1) is 11.6 Å². The lowest BCUT2D eigenvalue weighted by molar-refractivity contribution is 0.0731. The maximum Gasteiger partial charge on any atom is 0.255 e. The number of halogens is 2. The van der Waals surface area contributed by atoms with Crippen LogP contribution in [0.3, 0.4) is 0 Å². The number of aromatic nitrogens is 1. The third kappa shape index (κ3) is 4.96. The predicted octanol–water partition coefficient (Wildman–Crippen LogP) is 1.87. The third-order valence-electron chi connectivity index (χ3n) is 3.79. The third-order valence-corrected chi connectivity index (χ3v) is 3.79. The molecule has 134 valence electrons. The molecule has 0 radical (unpaired) electrons. The molecule has 1 aromatic carbocycles. The van der Waals surface area contributed by atoms with Gasteiger partial charge in [-0.25, -0.2) is 8.78 Å². The van der Waals surface area contributed by atoms with Crippen molar-refractivity contribution in [2.45, 2.75) is 6.54 Å². The summed E-state index contributed by atoms with van der Waals surface area (Å²) in [5.74, 6) is -2.14. The highest BCUT2D eigenvalue weighted by molar-refractivity contribution is 5.93. The van der Waals surface area contributed by atoms with Crippen LogP contribution in [0.15, 0.2) is 41.3 Å². The maximum absolute atomic E-state index is 13.4. The van der Waals surface area contributed by atoms with Crippen molar-refractivity contribution in [3.8, 4) is 0 Å². The molecule has 0 unspecified atom stereocenters. The Labute approximate surface area is 145 Å². The summed E-state index contributed by atoms with van der Waals surface area (Å²) in [6.07, 6.45) is 1.47. The smallest absolute Gasteiger partial charge is 0.255 e. The first-order valence-corrected chi connectivity index (χ1v) is 7.82. The van der Waals surface area contributed by atoms with E-state index >= 15 is 0 Å². The van der Waals surface area contributed by atoms with Crippen molar-refractivity contribution in [2.75, 3.05) is 27.2 Å². The van der Waals surface area contributed by atoms with Gasteiger partial charge in [-0.2, -0.15) is 0 Å². The van der Waals surface area contributed by atoms with Gasteiger partial charge in [-0.15, -0.1) is 0 Å². The molecule has 1 amide bonds. The van der Waals surface area contributed by atoms with Crippen LogP contribution in [0.25, 0.3) is 0 Å². The van der Waals surface area contributed by atoms with Gasteiger partial charge in [-0.1, -0.05) is 6.07 Å². The number of aryl methyl sites for hydroxylation is 1. The van der Waals surface area contributed by atoms with Gasteiger partial charge in [0.1, 0.15) is 0 Å². The van der Waals surface area contributed by atoms with E-state index in [0.29, 0.717) is 24.2 Å². The summed E-state index contributed by atoms with van der Waals surface area (Å²) in [5, 5.41) is 0. The van der Waals surface area contributed by atoms with Crippen LogP contribution in [0.5, 0.6) is 0 Å². The van der Waals surface area contributed by atoms with E-state index in [0.717, 1.165) is 12.1 Å². The molecule has 0 saturated carbocycles. The molecule has 2 rings (SSSR count). The van der Waals surface area contributed by atoms with Crippen LogP contribution in [0.1, 0.15) is 15.9 Å². The van der Waals surface area contributed by atoms with E-state index in [1.807, 2.05) is 19.0 Å². The maximum atomic E-state index is 13.4.